The fraction of sp³-hybridized carbons (Fsp3) is 0.739. The summed E-state index contributed by atoms with van der Waals surface area (Å²) in [7, 11) is 0. The van der Waals surface area contributed by atoms with Crippen molar-refractivity contribution in [2.24, 2.45) is 0 Å². The summed E-state index contributed by atoms with van der Waals surface area (Å²) < 4.78 is 0. The Kier molecular flexibility index (Phi) is 14.7. The molecule has 0 radical (unpaired) electrons. The van der Waals surface area contributed by atoms with Gasteiger partial charge in [0.15, 0.2) is 0 Å². The van der Waals surface area contributed by atoms with Crippen molar-refractivity contribution in [3.8, 4) is 0 Å². The van der Waals surface area contributed by atoms with Gasteiger partial charge in [0.1, 0.15) is 0 Å². The lowest BCUT2D eigenvalue weighted by Crippen LogP contribution is -1.90. The van der Waals surface area contributed by atoms with Crippen LogP contribution in [-0.4, -0.2) is 0 Å². The summed E-state index contributed by atoms with van der Waals surface area (Å²) in [5.74, 6) is 0. The summed E-state index contributed by atoms with van der Waals surface area (Å²) in [6.07, 6.45) is 21.4. The van der Waals surface area contributed by atoms with E-state index in [0.717, 1.165) is 0 Å². The molecule has 0 aromatic heterocycles. The van der Waals surface area contributed by atoms with Crippen LogP contribution in [0, 0.1) is 0 Å². The average molecular weight is 395 g/mol. The molecular formula is C23H39Br. The Morgan fingerprint density at radius 1 is 0.625 bits per heavy atom. The maximum Gasteiger partial charge on any atom is 0.0395 e. The van der Waals surface area contributed by atoms with E-state index in [1.54, 1.807) is 0 Å². The monoisotopic (exact) mass is 394 g/mol. The topological polar surface area (TPSA) is 0 Å². The molecule has 0 fully saturated rings. The molecule has 24 heavy (non-hydrogen) atoms. The fourth-order valence-electron chi connectivity index (χ4n) is 3.35. The second kappa shape index (κ2) is 16.2. The summed E-state index contributed by atoms with van der Waals surface area (Å²) in [5, 5.41) is 0. The van der Waals surface area contributed by atoms with Crippen molar-refractivity contribution in [1.29, 1.82) is 0 Å². The first-order chi connectivity index (χ1) is 11.8. The first kappa shape index (κ1) is 21.7. The Morgan fingerprint density at radius 2 is 1.04 bits per heavy atom. The van der Waals surface area contributed by atoms with Crippen LogP contribution in [0.15, 0.2) is 30.3 Å². The molecule has 0 saturated carbocycles. The molecule has 0 heterocycles. The Balaban J connectivity index is 1.79. The van der Waals surface area contributed by atoms with Crippen molar-refractivity contribution in [2.75, 3.05) is 0 Å². The zero-order valence-electron chi connectivity index (χ0n) is 15.9. The van der Waals surface area contributed by atoms with Crippen molar-refractivity contribution in [3.05, 3.63) is 35.9 Å². The summed E-state index contributed by atoms with van der Waals surface area (Å²) in [5.41, 5.74) is 1.42. The van der Waals surface area contributed by atoms with Gasteiger partial charge in [0.25, 0.3) is 0 Å². The van der Waals surface area contributed by atoms with Crippen LogP contribution in [-0.2, 0) is 0 Å². The molecule has 1 heteroatoms. The van der Waals surface area contributed by atoms with Gasteiger partial charge in [-0.15, -0.1) is 0 Å². The minimum atomic E-state index is 0.538. The van der Waals surface area contributed by atoms with E-state index in [9.17, 15) is 0 Å². The number of rotatable bonds is 16. The SMILES string of the molecule is CCCCCCCCCCCCCCCCC(Br)c1ccccc1. The maximum atomic E-state index is 3.82. The van der Waals surface area contributed by atoms with E-state index in [-0.39, 0.29) is 0 Å². The first-order valence-corrected chi connectivity index (χ1v) is 11.4. The number of halogens is 1. The van der Waals surface area contributed by atoms with Gasteiger partial charge < -0.3 is 0 Å². The third kappa shape index (κ3) is 12.1. The van der Waals surface area contributed by atoms with E-state index in [0.29, 0.717) is 4.83 Å². The van der Waals surface area contributed by atoms with Gasteiger partial charge in [0, 0.05) is 4.83 Å². The smallest absolute Gasteiger partial charge is 0.0395 e. The molecule has 1 rings (SSSR count). The average Bonchev–Trinajstić information content (AvgIpc) is 2.62. The van der Waals surface area contributed by atoms with Crippen molar-refractivity contribution in [1.82, 2.24) is 0 Å². The minimum absolute atomic E-state index is 0.538. The van der Waals surface area contributed by atoms with Gasteiger partial charge in [-0.25, -0.2) is 0 Å². The Morgan fingerprint density at radius 3 is 1.50 bits per heavy atom. The highest BCUT2D eigenvalue weighted by molar-refractivity contribution is 9.09. The molecule has 0 amide bonds. The highest BCUT2D eigenvalue weighted by atomic mass is 79.9. The van der Waals surface area contributed by atoms with Crippen molar-refractivity contribution >= 4 is 15.9 Å². The molecule has 138 valence electrons. The summed E-state index contributed by atoms with van der Waals surface area (Å²) in [6, 6.07) is 10.8. The molecule has 0 aliphatic heterocycles. The van der Waals surface area contributed by atoms with Crippen molar-refractivity contribution in [2.45, 2.75) is 108 Å². The molecule has 0 N–H and O–H groups in total. The summed E-state index contributed by atoms with van der Waals surface area (Å²) in [4.78, 5) is 0.538. The van der Waals surface area contributed by atoms with Gasteiger partial charge in [-0.1, -0.05) is 143 Å². The Hall–Kier alpha value is -0.300. The van der Waals surface area contributed by atoms with Gasteiger partial charge in [-0.3, -0.25) is 0 Å². The fourth-order valence-corrected chi connectivity index (χ4v) is 3.98. The molecule has 0 aliphatic carbocycles. The predicted molar refractivity (Wildman–Crippen MR) is 113 cm³/mol. The minimum Gasteiger partial charge on any atom is -0.0839 e. The number of alkyl halides is 1. The Labute approximate surface area is 160 Å². The number of unbranched alkanes of at least 4 members (excludes halogenated alkanes) is 13. The van der Waals surface area contributed by atoms with Crippen molar-refractivity contribution in [3.63, 3.8) is 0 Å². The largest absolute Gasteiger partial charge is 0.0839 e. The quantitative estimate of drug-likeness (QED) is 0.193. The highest BCUT2D eigenvalue weighted by Crippen LogP contribution is 2.28. The third-order valence-electron chi connectivity index (χ3n) is 4.97. The normalized spacial score (nSPS) is 12.4. The lowest BCUT2D eigenvalue weighted by Gasteiger charge is -2.09. The molecule has 1 aromatic rings. The van der Waals surface area contributed by atoms with Gasteiger partial charge in [0.05, 0.1) is 0 Å². The van der Waals surface area contributed by atoms with Gasteiger partial charge >= 0.3 is 0 Å². The van der Waals surface area contributed by atoms with Crippen molar-refractivity contribution < 1.29 is 0 Å². The van der Waals surface area contributed by atoms with Crippen LogP contribution >= 0.6 is 15.9 Å². The molecule has 0 spiro atoms. The summed E-state index contributed by atoms with van der Waals surface area (Å²) in [6.45, 7) is 2.29. The van der Waals surface area contributed by atoms with Crippen LogP contribution in [0.2, 0.25) is 0 Å². The van der Waals surface area contributed by atoms with E-state index < -0.39 is 0 Å². The number of hydrogen-bond donors (Lipinski definition) is 0. The van der Waals surface area contributed by atoms with Gasteiger partial charge in [0.2, 0.25) is 0 Å². The molecule has 0 aliphatic rings. The third-order valence-corrected chi connectivity index (χ3v) is 5.96. The van der Waals surface area contributed by atoms with Crippen LogP contribution in [0.4, 0.5) is 0 Å². The van der Waals surface area contributed by atoms with E-state index in [2.05, 4.69) is 53.2 Å². The number of hydrogen-bond acceptors (Lipinski definition) is 0. The zero-order chi connectivity index (χ0) is 17.3. The van der Waals surface area contributed by atoms with E-state index >= 15 is 0 Å². The van der Waals surface area contributed by atoms with Crippen LogP contribution in [0.25, 0.3) is 0 Å². The Bertz CT molecular complexity index is 360. The molecule has 1 aromatic carbocycles. The molecule has 0 saturated heterocycles. The molecule has 0 bridgehead atoms. The van der Waals surface area contributed by atoms with Crippen LogP contribution < -0.4 is 0 Å². The summed E-state index contributed by atoms with van der Waals surface area (Å²) >= 11 is 3.82. The standard InChI is InChI=1S/C23H39Br/c1-2-3-4-5-6-7-8-9-10-11-12-13-14-18-21-23(24)22-19-16-15-17-20-22/h15-17,19-20,23H,2-14,18,21H2,1H3. The van der Waals surface area contributed by atoms with Crippen LogP contribution in [0.3, 0.4) is 0 Å². The van der Waals surface area contributed by atoms with Gasteiger partial charge in [-0.05, 0) is 12.0 Å². The lowest BCUT2D eigenvalue weighted by atomic mass is 10.0. The predicted octanol–water partition coefficient (Wildman–Crippen LogP) is 8.99. The van der Waals surface area contributed by atoms with Crippen LogP contribution in [0.1, 0.15) is 114 Å². The van der Waals surface area contributed by atoms with E-state index in [1.807, 2.05) is 0 Å². The molecular weight excluding hydrogens is 356 g/mol. The van der Waals surface area contributed by atoms with E-state index in [4.69, 9.17) is 0 Å². The lowest BCUT2D eigenvalue weighted by molar-refractivity contribution is 0.532. The van der Waals surface area contributed by atoms with Gasteiger partial charge in [-0.2, -0.15) is 0 Å². The highest BCUT2D eigenvalue weighted by Gasteiger charge is 2.05. The first-order valence-electron chi connectivity index (χ1n) is 10.5. The molecule has 1 unspecified atom stereocenters. The maximum absolute atomic E-state index is 3.82. The number of benzene rings is 1. The molecule has 0 nitrogen and oxygen atoms in total. The van der Waals surface area contributed by atoms with E-state index in [1.165, 1.54) is 102 Å². The van der Waals surface area contributed by atoms with Crippen LogP contribution in [0.5, 0.6) is 0 Å². The second-order valence-electron chi connectivity index (χ2n) is 7.26. The second-order valence-corrected chi connectivity index (χ2v) is 8.37. The zero-order valence-corrected chi connectivity index (χ0v) is 17.5. The molecule has 1 atom stereocenters.